The number of nitrogens with zero attached hydrogens (tertiary/aromatic N) is 1. The van der Waals surface area contributed by atoms with Crippen LogP contribution >= 0.6 is 0 Å². The van der Waals surface area contributed by atoms with Gasteiger partial charge in [0.05, 0.1) is 0 Å². The summed E-state index contributed by atoms with van der Waals surface area (Å²) in [5.41, 5.74) is 0. The van der Waals surface area contributed by atoms with E-state index < -0.39 is 10.7 Å². The molecule has 0 aliphatic heterocycles. The minimum atomic E-state index is -0.574. The third-order valence-corrected chi connectivity index (χ3v) is 4.70. The number of hydrogen-bond acceptors (Lipinski definition) is 1. The SMILES string of the molecule is CCCCNC(=O)N=S(c1ccccc1)c1ccccc1. The number of carbonyl (C=O) groups excluding carboxylic acids is 1. The molecule has 21 heavy (non-hydrogen) atoms. The molecule has 0 unspecified atom stereocenters. The molecule has 3 nitrogen and oxygen atoms in total. The molecule has 0 heterocycles. The van der Waals surface area contributed by atoms with Gasteiger partial charge in [0.25, 0.3) is 0 Å². The van der Waals surface area contributed by atoms with E-state index in [1.807, 2.05) is 60.7 Å². The Morgan fingerprint density at radius 3 is 2.00 bits per heavy atom. The Bertz CT molecular complexity index is 555. The van der Waals surface area contributed by atoms with E-state index in [4.69, 9.17) is 0 Å². The normalized spacial score (nSPS) is 10.4. The second kappa shape index (κ2) is 8.37. The number of urea groups is 1. The lowest BCUT2D eigenvalue weighted by Crippen LogP contribution is -2.21. The third kappa shape index (κ3) is 4.83. The van der Waals surface area contributed by atoms with Crippen LogP contribution in [0.25, 0.3) is 0 Å². The van der Waals surface area contributed by atoms with Crippen molar-refractivity contribution in [2.24, 2.45) is 4.36 Å². The van der Waals surface area contributed by atoms with Crippen LogP contribution in [-0.4, -0.2) is 12.6 Å². The number of nitrogens with one attached hydrogen (secondary N) is 1. The maximum Gasteiger partial charge on any atom is 0.347 e. The van der Waals surface area contributed by atoms with Crippen LogP contribution in [0, 0.1) is 0 Å². The Morgan fingerprint density at radius 1 is 1.00 bits per heavy atom. The highest BCUT2D eigenvalue weighted by Crippen LogP contribution is 2.18. The van der Waals surface area contributed by atoms with Crippen LogP contribution in [0.15, 0.2) is 74.8 Å². The zero-order valence-electron chi connectivity index (χ0n) is 12.2. The number of rotatable bonds is 5. The lowest BCUT2D eigenvalue weighted by atomic mass is 10.3. The van der Waals surface area contributed by atoms with E-state index in [1.165, 1.54) is 0 Å². The topological polar surface area (TPSA) is 41.5 Å². The van der Waals surface area contributed by atoms with Crippen molar-refractivity contribution in [1.29, 1.82) is 0 Å². The van der Waals surface area contributed by atoms with Gasteiger partial charge in [-0.05, 0) is 41.4 Å². The summed E-state index contributed by atoms with van der Waals surface area (Å²) < 4.78 is 4.37. The van der Waals surface area contributed by atoms with Gasteiger partial charge >= 0.3 is 6.03 Å². The Morgan fingerprint density at radius 2 is 1.52 bits per heavy atom. The number of carbonyl (C=O) groups is 1. The zero-order valence-corrected chi connectivity index (χ0v) is 13.0. The first-order valence-electron chi connectivity index (χ1n) is 7.15. The lowest BCUT2D eigenvalue weighted by molar-refractivity contribution is 0.249. The molecule has 1 N–H and O–H groups in total. The van der Waals surface area contributed by atoms with Crippen molar-refractivity contribution < 1.29 is 4.79 Å². The van der Waals surface area contributed by atoms with Crippen molar-refractivity contribution in [2.45, 2.75) is 29.6 Å². The van der Waals surface area contributed by atoms with Crippen LogP contribution < -0.4 is 5.32 Å². The van der Waals surface area contributed by atoms with Crippen molar-refractivity contribution in [2.75, 3.05) is 6.54 Å². The molecule has 0 aliphatic rings. The summed E-state index contributed by atoms with van der Waals surface area (Å²) in [6.45, 7) is 2.78. The lowest BCUT2D eigenvalue weighted by Gasteiger charge is -2.09. The molecule has 2 rings (SSSR count). The molecule has 0 saturated carbocycles. The first kappa shape index (κ1) is 15.4. The number of amides is 2. The summed E-state index contributed by atoms with van der Waals surface area (Å²) in [6.07, 6.45) is 2.04. The Kier molecular flexibility index (Phi) is 6.16. The van der Waals surface area contributed by atoms with E-state index in [0.717, 1.165) is 22.6 Å². The minimum Gasteiger partial charge on any atom is -0.336 e. The van der Waals surface area contributed by atoms with Gasteiger partial charge in [-0.2, -0.15) is 4.36 Å². The fourth-order valence-corrected chi connectivity index (χ4v) is 3.37. The number of unbranched alkanes of at least 4 members (excludes halogenated alkanes) is 1. The molecule has 2 aromatic carbocycles. The van der Waals surface area contributed by atoms with Crippen molar-refractivity contribution in [3.05, 3.63) is 60.7 Å². The van der Waals surface area contributed by atoms with Gasteiger partial charge in [0.2, 0.25) is 0 Å². The summed E-state index contributed by atoms with van der Waals surface area (Å²) in [6, 6.07) is 19.7. The van der Waals surface area contributed by atoms with Gasteiger partial charge in [-0.1, -0.05) is 49.7 Å². The average molecular weight is 300 g/mol. The molecule has 110 valence electrons. The molecule has 0 bridgehead atoms. The smallest absolute Gasteiger partial charge is 0.336 e. The van der Waals surface area contributed by atoms with E-state index >= 15 is 0 Å². The second-order valence-electron chi connectivity index (χ2n) is 4.59. The third-order valence-electron chi connectivity index (χ3n) is 2.91. The Hall–Kier alpha value is -1.94. The van der Waals surface area contributed by atoms with Crippen molar-refractivity contribution >= 4 is 16.7 Å². The fraction of sp³-hybridized carbons (Fsp3) is 0.235. The molecular weight excluding hydrogens is 280 g/mol. The molecule has 0 saturated heterocycles. The molecule has 0 aromatic heterocycles. The van der Waals surface area contributed by atoms with E-state index in [0.29, 0.717) is 6.54 Å². The number of hydrogen-bond donors (Lipinski definition) is 1. The highest BCUT2D eigenvalue weighted by atomic mass is 32.2. The minimum absolute atomic E-state index is 0.237. The first-order chi connectivity index (χ1) is 10.3. The predicted molar refractivity (Wildman–Crippen MR) is 87.5 cm³/mol. The van der Waals surface area contributed by atoms with Gasteiger partial charge in [-0.15, -0.1) is 0 Å². The van der Waals surface area contributed by atoms with Crippen LogP contribution in [0.4, 0.5) is 4.79 Å². The summed E-state index contributed by atoms with van der Waals surface area (Å²) in [5.74, 6) is 0. The van der Waals surface area contributed by atoms with Crippen molar-refractivity contribution in [1.82, 2.24) is 5.32 Å². The van der Waals surface area contributed by atoms with Crippen molar-refractivity contribution in [3.63, 3.8) is 0 Å². The summed E-state index contributed by atoms with van der Waals surface area (Å²) in [5, 5.41) is 2.85. The summed E-state index contributed by atoms with van der Waals surface area (Å²) in [4.78, 5) is 14.1. The molecule has 0 radical (unpaired) electrons. The van der Waals surface area contributed by atoms with E-state index in [1.54, 1.807) is 0 Å². The van der Waals surface area contributed by atoms with Crippen LogP contribution in [0.1, 0.15) is 19.8 Å². The Balaban J connectivity index is 2.27. The average Bonchev–Trinajstić information content (AvgIpc) is 2.54. The molecule has 2 amide bonds. The standard InChI is InChI=1S/C17H20N2OS/c1-2-3-14-18-17(20)19-21(15-10-6-4-7-11-15)16-12-8-5-9-13-16/h4-13H,2-3,14H2,1H3,(H,18,20). The first-order valence-corrected chi connectivity index (χ1v) is 8.33. The van der Waals surface area contributed by atoms with Crippen LogP contribution in [-0.2, 0) is 10.7 Å². The van der Waals surface area contributed by atoms with Gasteiger partial charge in [-0.25, -0.2) is 4.79 Å². The maximum absolute atomic E-state index is 12.0. The largest absolute Gasteiger partial charge is 0.347 e. The van der Waals surface area contributed by atoms with Crippen LogP contribution in [0.2, 0.25) is 0 Å². The number of benzene rings is 2. The van der Waals surface area contributed by atoms with Crippen molar-refractivity contribution in [3.8, 4) is 0 Å². The van der Waals surface area contributed by atoms with E-state index in [9.17, 15) is 4.79 Å². The molecule has 4 heteroatoms. The summed E-state index contributed by atoms with van der Waals surface area (Å²) >= 11 is 0. The molecule has 0 aliphatic carbocycles. The molecule has 0 spiro atoms. The molecule has 0 fully saturated rings. The predicted octanol–water partition coefficient (Wildman–Crippen LogP) is 4.42. The van der Waals surface area contributed by atoms with E-state index in [2.05, 4.69) is 16.6 Å². The zero-order chi connectivity index (χ0) is 14.9. The van der Waals surface area contributed by atoms with Gasteiger partial charge < -0.3 is 5.32 Å². The van der Waals surface area contributed by atoms with Gasteiger partial charge in [-0.3, -0.25) is 0 Å². The molecule has 0 atom stereocenters. The monoisotopic (exact) mass is 300 g/mol. The molecule has 2 aromatic rings. The van der Waals surface area contributed by atoms with E-state index in [-0.39, 0.29) is 6.03 Å². The fourth-order valence-electron chi connectivity index (χ4n) is 1.83. The van der Waals surface area contributed by atoms with Gasteiger partial charge in [0, 0.05) is 16.3 Å². The van der Waals surface area contributed by atoms with Crippen LogP contribution in [0.3, 0.4) is 0 Å². The van der Waals surface area contributed by atoms with Gasteiger partial charge in [0.15, 0.2) is 0 Å². The summed E-state index contributed by atoms with van der Waals surface area (Å²) in [7, 11) is -0.574. The highest BCUT2D eigenvalue weighted by molar-refractivity contribution is 7.87. The maximum atomic E-state index is 12.0. The quantitative estimate of drug-likeness (QED) is 0.816. The Labute approximate surface area is 128 Å². The second-order valence-corrected chi connectivity index (χ2v) is 6.28. The molecular formula is C17H20N2OS. The van der Waals surface area contributed by atoms with Gasteiger partial charge in [0.1, 0.15) is 0 Å². The highest BCUT2D eigenvalue weighted by Gasteiger charge is 2.07. The van der Waals surface area contributed by atoms with Crippen LogP contribution in [0.5, 0.6) is 0 Å².